The van der Waals surface area contributed by atoms with Gasteiger partial charge >= 0.3 is 11.9 Å². The van der Waals surface area contributed by atoms with Crippen LogP contribution in [0.3, 0.4) is 0 Å². The largest absolute Gasteiger partial charge is 0.466 e. The summed E-state index contributed by atoms with van der Waals surface area (Å²) in [5.41, 5.74) is 3.78. The van der Waals surface area contributed by atoms with Gasteiger partial charge in [0.25, 0.3) is 0 Å². The molecule has 30 heavy (non-hydrogen) atoms. The molecule has 1 aromatic heterocycles. The fourth-order valence-electron chi connectivity index (χ4n) is 3.60. The molecule has 8 heteroatoms. The minimum Gasteiger partial charge on any atom is -0.466 e. The number of hydrogen-bond donors (Lipinski definition) is 0. The second-order valence-electron chi connectivity index (χ2n) is 6.72. The van der Waals surface area contributed by atoms with Crippen LogP contribution in [0, 0.1) is 6.92 Å². The maximum atomic E-state index is 12.4. The van der Waals surface area contributed by atoms with Crippen LogP contribution in [0.5, 0.6) is 0 Å². The van der Waals surface area contributed by atoms with Gasteiger partial charge in [0.2, 0.25) is 0 Å². The molecule has 0 radical (unpaired) electrons. The third-order valence-corrected chi connectivity index (χ3v) is 4.98. The summed E-state index contributed by atoms with van der Waals surface area (Å²) in [7, 11) is 2.53. The molecule has 2 aromatic carbocycles. The fraction of sp³-hybridized carbons (Fsp3) is 0.227. The van der Waals surface area contributed by atoms with E-state index >= 15 is 0 Å². The van der Waals surface area contributed by atoms with Crippen molar-refractivity contribution in [3.05, 3.63) is 65.6 Å². The lowest BCUT2D eigenvalue weighted by atomic mass is 10.1. The number of methoxy groups -OCH3 is 2. The molecule has 1 aliphatic rings. The summed E-state index contributed by atoms with van der Waals surface area (Å²) < 4.78 is 17.3. The Kier molecular flexibility index (Phi) is 5.24. The Morgan fingerprint density at radius 2 is 1.63 bits per heavy atom. The molecule has 0 spiro atoms. The molecule has 0 N–H and O–H groups in total. The number of benzene rings is 2. The van der Waals surface area contributed by atoms with Crippen LogP contribution in [0.15, 0.2) is 59.8 Å². The zero-order chi connectivity index (χ0) is 21.3. The van der Waals surface area contributed by atoms with Crippen LogP contribution in [-0.4, -0.2) is 49.0 Å². The Bertz CT molecular complexity index is 1150. The van der Waals surface area contributed by atoms with Gasteiger partial charge in [-0.2, -0.15) is 0 Å². The van der Waals surface area contributed by atoms with Crippen molar-refractivity contribution in [2.75, 3.05) is 32.5 Å². The summed E-state index contributed by atoms with van der Waals surface area (Å²) >= 11 is 0. The number of para-hydroxylation sites is 2. The Hall–Kier alpha value is -3.65. The second-order valence-corrected chi connectivity index (χ2v) is 6.72. The van der Waals surface area contributed by atoms with Crippen LogP contribution < -0.4 is 4.90 Å². The Morgan fingerprint density at radius 1 is 0.967 bits per heavy atom. The molecule has 0 aliphatic carbocycles. The first kappa shape index (κ1) is 19.7. The lowest BCUT2D eigenvalue weighted by Crippen LogP contribution is -2.38. The average Bonchev–Trinajstić information content (AvgIpc) is 3.13. The van der Waals surface area contributed by atoms with E-state index in [1.165, 1.54) is 14.2 Å². The van der Waals surface area contributed by atoms with Gasteiger partial charge in [-0.15, -0.1) is 0 Å². The summed E-state index contributed by atoms with van der Waals surface area (Å²) in [5, 5.41) is 0. The van der Waals surface area contributed by atoms with Crippen molar-refractivity contribution < 1.29 is 23.8 Å². The number of carbonyl (C=O) groups is 2. The quantitative estimate of drug-likeness (QED) is 0.615. The van der Waals surface area contributed by atoms with Crippen molar-refractivity contribution in [3.63, 3.8) is 0 Å². The Labute approximate surface area is 173 Å². The number of hydrogen-bond acceptors (Lipinski definition) is 7. The normalized spacial score (nSPS) is 14.2. The number of ether oxygens (including phenoxy) is 3. The zero-order valence-electron chi connectivity index (χ0n) is 16.9. The van der Waals surface area contributed by atoms with Gasteiger partial charge in [0.15, 0.2) is 0 Å². The Morgan fingerprint density at radius 3 is 2.33 bits per heavy atom. The van der Waals surface area contributed by atoms with Gasteiger partial charge in [-0.25, -0.2) is 14.6 Å². The van der Waals surface area contributed by atoms with E-state index in [9.17, 15) is 9.59 Å². The monoisotopic (exact) mass is 407 g/mol. The van der Waals surface area contributed by atoms with Crippen molar-refractivity contribution in [2.45, 2.75) is 6.92 Å². The molecule has 0 unspecified atom stereocenters. The lowest BCUT2D eigenvalue weighted by Gasteiger charge is -2.31. The highest BCUT2D eigenvalue weighted by atomic mass is 16.5. The van der Waals surface area contributed by atoms with Gasteiger partial charge < -0.3 is 19.1 Å². The molecule has 0 fully saturated rings. The molecule has 1 aliphatic heterocycles. The van der Waals surface area contributed by atoms with Crippen LogP contribution >= 0.6 is 0 Å². The van der Waals surface area contributed by atoms with E-state index in [1.807, 2.05) is 55.5 Å². The molecule has 0 atom stereocenters. The molecule has 0 amide bonds. The topological polar surface area (TPSA) is 82.9 Å². The van der Waals surface area contributed by atoms with E-state index < -0.39 is 11.9 Å². The summed E-state index contributed by atoms with van der Waals surface area (Å²) in [4.78, 5) is 30.8. The second kappa shape index (κ2) is 8.00. The standard InChI is InChI=1S/C22H21N3O5/c1-14-23-18-6-4-5-7-19(18)25(14)16-10-8-15(9-11-16)24-13-30-12-17(21(26)28-2)20(24)22(27)29-3/h4-11H,12-13H2,1-3H3. The van der Waals surface area contributed by atoms with E-state index in [0.29, 0.717) is 5.69 Å². The molecule has 0 saturated heterocycles. The molecular weight excluding hydrogens is 386 g/mol. The highest BCUT2D eigenvalue weighted by molar-refractivity contribution is 6.03. The van der Waals surface area contributed by atoms with Gasteiger partial charge in [0.1, 0.15) is 18.3 Å². The van der Waals surface area contributed by atoms with E-state index in [1.54, 1.807) is 4.90 Å². The molecule has 3 aromatic rings. The molecule has 8 nitrogen and oxygen atoms in total. The summed E-state index contributed by atoms with van der Waals surface area (Å²) in [6.07, 6.45) is 0. The lowest BCUT2D eigenvalue weighted by molar-refractivity contribution is -0.140. The highest BCUT2D eigenvalue weighted by Gasteiger charge is 2.32. The van der Waals surface area contributed by atoms with Crippen LogP contribution in [0.25, 0.3) is 16.7 Å². The third kappa shape index (κ3) is 3.31. The minimum atomic E-state index is -0.628. The van der Waals surface area contributed by atoms with Crippen molar-refractivity contribution in [2.24, 2.45) is 0 Å². The molecule has 0 bridgehead atoms. The van der Waals surface area contributed by atoms with E-state index in [4.69, 9.17) is 14.2 Å². The van der Waals surface area contributed by atoms with Crippen molar-refractivity contribution in [1.82, 2.24) is 9.55 Å². The number of esters is 2. The predicted molar refractivity (Wildman–Crippen MR) is 110 cm³/mol. The number of fused-ring (bicyclic) bond motifs is 1. The van der Waals surface area contributed by atoms with Gasteiger partial charge in [-0.1, -0.05) is 12.1 Å². The number of nitrogens with zero attached hydrogens (tertiary/aromatic N) is 3. The summed E-state index contributed by atoms with van der Waals surface area (Å²) in [6.45, 7) is 2.04. The Balaban J connectivity index is 1.75. The van der Waals surface area contributed by atoms with Crippen LogP contribution in [0.4, 0.5) is 5.69 Å². The van der Waals surface area contributed by atoms with Crippen LogP contribution in [0.2, 0.25) is 0 Å². The predicted octanol–water partition coefficient (Wildman–Crippen LogP) is 2.73. The number of carbonyl (C=O) groups excluding carboxylic acids is 2. The number of imidazole rings is 1. The summed E-state index contributed by atoms with van der Waals surface area (Å²) in [5.74, 6) is -0.384. The smallest absolute Gasteiger partial charge is 0.355 e. The zero-order valence-corrected chi connectivity index (χ0v) is 16.9. The summed E-state index contributed by atoms with van der Waals surface area (Å²) in [6, 6.07) is 15.5. The number of rotatable bonds is 4. The number of aryl methyl sites for hydroxylation is 1. The number of aromatic nitrogens is 2. The van der Waals surface area contributed by atoms with E-state index in [2.05, 4.69) is 9.55 Å². The van der Waals surface area contributed by atoms with Crippen LogP contribution in [-0.2, 0) is 23.8 Å². The number of anilines is 1. The average molecular weight is 407 g/mol. The fourth-order valence-corrected chi connectivity index (χ4v) is 3.60. The first-order valence-electron chi connectivity index (χ1n) is 9.34. The van der Waals surface area contributed by atoms with Gasteiger partial charge in [0.05, 0.1) is 37.4 Å². The third-order valence-electron chi connectivity index (χ3n) is 4.98. The highest BCUT2D eigenvalue weighted by Crippen LogP contribution is 2.29. The van der Waals surface area contributed by atoms with Crippen molar-refractivity contribution >= 4 is 28.7 Å². The van der Waals surface area contributed by atoms with E-state index in [-0.39, 0.29) is 24.6 Å². The SMILES string of the molecule is COC(=O)C1=C(C(=O)OC)N(c2ccc(-n3c(C)nc4ccccc43)cc2)COC1. The maximum absolute atomic E-state index is 12.4. The molecular formula is C22H21N3O5. The van der Waals surface area contributed by atoms with Crippen LogP contribution in [0.1, 0.15) is 5.82 Å². The van der Waals surface area contributed by atoms with Crippen molar-refractivity contribution in [3.8, 4) is 5.69 Å². The van der Waals surface area contributed by atoms with E-state index in [0.717, 1.165) is 22.5 Å². The van der Waals surface area contributed by atoms with Gasteiger partial charge in [-0.05, 0) is 43.3 Å². The van der Waals surface area contributed by atoms with Gasteiger partial charge in [-0.3, -0.25) is 4.57 Å². The maximum Gasteiger partial charge on any atom is 0.355 e. The minimum absolute atomic E-state index is 0.0219. The molecule has 0 saturated carbocycles. The van der Waals surface area contributed by atoms with Gasteiger partial charge in [0, 0.05) is 11.4 Å². The molecule has 154 valence electrons. The molecule has 2 heterocycles. The first-order chi connectivity index (χ1) is 14.5. The van der Waals surface area contributed by atoms with Crippen molar-refractivity contribution in [1.29, 1.82) is 0 Å². The molecule has 4 rings (SSSR count). The first-order valence-corrected chi connectivity index (χ1v) is 9.34.